The van der Waals surface area contributed by atoms with Gasteiger partial charge in [0.05, 0.1) is 16.8 Å². The second-order valence-electron chi connectivity index (χ2n) is 9.35. The van der Waals surface area contributed by atoms with Crippen molar-refractivity contribution in [2.45, 2.75) is 57.2 Å². The Morgan fingerprint density at radius 2 is 1.86 bits per heavy atom. The van der Waals surface area contributed by atoms with Crippen molar-refractivity contribution in [2.24, 2.45) is 0 Å². The Bertz CT molecular complexity index is 916. The molecule has 1 amide bonds. The van der Waals surface area contributed by atoms with Gasteiger partial charge in [0.1, 0.15) is 5.82 Å². The molecule has 0 bridgehead atoms. The molecular formula is C24H29N3O2. The normalized spacial score (nSPS) is 22.1. The summed E-state index contributed by atoms with van der Waals surface area (Å²) in [5.41, 5.74) is 2.67. The number of rotatable bonds is 2. The first-order valence-electron chi connectivity index (χ1n) is 10.8. The number of hydrogen-bond acceptors (Lipinski definition) is 4. The zero-order chi connectivity index (χ0) is 20.1. The Morgan fingerprint density at radius 1 is 1.07 bits per heavy atom. The average molecular weight is 392 g/mol. The molecule has 5 nitrogen and oxygen atoms in total. The molecule has 3 heterocycles. The van der Waals surface area contributed by atoms with Gasteiger partial charge in [0.15, 0.2) is 0 Å². The molecule has 2 aliphatic heterocycles. The second kappa shape index (κ2) is 6.84. The molecule has 29 heavy (non-hydrogen) atoms. The second-order valence-corrected chi connectivity index (χ2v) is 9.35. The molecule has 0 unspecified atom stereocenters. The summed E-state index contributed by atoms with van der Waals surface area (Å²) in [7, 11) is 0. The van der Waals surface area contributed by atoms with Crippen molar-refractivity contribution < 1.29 is 9.53 Å². The lowest BCUT2D eigenvalue weighted by molar-refractivity contribution is -0.148. The van der Waals surface area contributed by atoms with Crippen LogP contribution in [0.3, 0.4) is 0 Å². The van der Waals surface area contributed by atoms with Crippen LogP contribution in [0.5, 0.6) is 0 Å². The Kier molecular flexibility index (Phi) is 4.39. The van der Waals surface area contributed by atoms with E-state index in [1.807, 2.05) is 35.2 Å². The molecule has 2 aromatic rings. The van der Waals surface area contributed by atoms with Gasteiger partial charge in [-0.2, -0.15) is 0 Å². The highest BCUT2D eigenvalue weighted by atomic mass is 16.5. The number of morpholine rings is 1. The average Bonchev–Trinajstić information content (AvgIpc) is 3.33. The number of carbonyl (C=O) groups excluding carboxylic acids is 1. The van der Waals surface area contributed by atoms with Crippen molar-refractivity contribution in [3.63, 3.8) is 0 Å². The number of pyridine rings is 1. The van der Waals surface area contributed by atoms with Crippen LogP contribution in [0, 0.1) is 0 Å². The lowest BCUT2D eigenvalue weighted by Gasteiger charge is -2.49. The third-order valence-corrected chi connectivity index (χ3v) is 6.51. The van der Waals surface area contributed by atoms with Crippen LogP contribution in [-0.2, 0) is 11.2 Å². The van der Waals surface area contributed by atoms with Crippen LogP contribution >= 0.6 is 0 Å². The minimum absolute atomic E-state index is 0.0311. The molecule has 1 saturated carbocycles. The Balaban J connectivity index is 1.36. The number of nitrogens with zero attached hydrogens (tertiary/aromatic N) is 3. The Labute approximate surface area is 172 Å². The summed E-state index contributed by atoms with van der Waals surface area (Å²) in [6.45, 7) is 6.77. The topological polar surface area (TPSA) is 45.7 Å². The lowest BCUT2D eigenvalue weighted by atomic mass is 9.94. The van der Waals surface area contributed by atoms with Crippen LogP contribution in [0.2, 0.25) is 0 Å². The molecular weight excluding hydrogens is 362 g/mol. The molecule has 5 rings (SSSR count). The fourth-order valence-electron chi connectivity index (χ4n) is 5.36. The highest BCUT2D eigenvalue weighted by molar-refractivity contribution is 6.07. The predicted octanol–water partition coefficient (Wildman–Crippen LogP) is 4.21. The fraction of sp³-hybridized carbons (Fsp3) is 0.500. The summed E-state index contributed by atoms with van der Waals surface area (Å²) >= 11 is 0. The first kappa shape index (κ1) is 18.6. The smallest absolute Gasteiger partial charge is 0.259 e. The number of aromatic nitrogens is 1. The highest BCUT2D eigenvalue weighted by Crippen LogP contribution is 2.41. The summed E-state index contributed by atoms with van der Waals surface area (Å²) in [5, 5.41) is 0. The standard InChI is InChI=1S/C24H29N3O2/c1-23(2)16-26(17-24(29-23)12-5-6-13-24)21-10-9-19(15-25-21)22(28)27-14-11-18-7-3-4-8-20(18)27/h3-4,7-10,15H,5-6,11-14,16-17H2,1-2H3. The van der Waals surface area contributed by atoms with Gasteiger partial charge in [0.2, 0.25) is 0 Å². The van der Waals surface area contributed by atoms with E-state index in [0.29, 0.717) is 5.56 Å². The highest BCUT2D eigenvalue weighted by Gasteiger charge is 2.46. The quantitative estimate of drug-likeness (QED) is 0.769. The van der Waals surface area contributed by atoms with E-state index in [1.54, 1.807) is 6.20 Å². The maximum Gasteiger partial charge on any atom is 0.259 e. The first-order valence-corrected chi connectivity index (χ1v) is 10.8. The molecule has 152 valence electrons. The number of carbonyl (C=O) groups is 1. The molecule has 1 aliphatic carbocycles. The minimum Gasteiger partial charge on any atom is -0.365 e. The van der Waals surface area contributed by atoms with E-state index in [-0.39, 0.29) is 17.1 Å². The Morgan fingerprint density at radius 3 is 2.62 bits per heavy atom. The molecule has 1 aromatic heterocycles. The first-order chi connectivity index (χ1) is 13.9. The van der Waals surface area contributed by atoms with Crippen LogP contribution in [0.15, 0.2) is 42.6 Å². The summed E-state index contributed by atoms with van der Waals surface area (Å²) in [6, 6.07) is 12.1. The lowest BCUT2D eigenvalue weighted by Crippen LogP contribution is -2.59. The SMILES string of the molecule is CC1(C)CN(c2ccc(C(=O)N3CCc4ccccc43)cn2)CC2(CCCC2)O1. The van der Waals surface area contributed by atoms with Crippen molar-refractivity contribution in [3.8, 4) is 0 Å². The number of hydrogen-bond donors (Lipinski definition) is 0. The van der Waals surface area contributed by atoms with E-state index in [9.17, 15) is 4.79 Å². The fourth-order valence-corrected chi connectivity index (χ4v) is 5.36. The maximum absolute atomic E-state index is 13.1. The van der Waals surface area contributed by atoms with Gasteiger partial charge in [-0.3, -0.25) is 4.79 Å². The van der Waals surface area contributed by atoms with Crippen molar-refractivity contribution in [2.75, 3.05) is 29.4 Å². The van der Waals surface area contributed by atoms with Crippen LogP contribution < -0.4 is 9.80 Å². The van der Waals surface area contributed by atoms with Crippen LogP contribution in [0.4, 0.5) is 11.5 Å². The summed E-state index contributed by atoms with van der Waals surface area (Å²) < 4.78 is 6.51. The maximum atomic E-state index is 13.1. The van der Waals surface area contributed by atoms with Crippen LogP contribution in [0.1, 0.15) is 55.5 Å². The predicted molar refractivity (Wildman–Crippen MR) is 115 cm³/mol. The number of benzene rings is 1. The zero-order valence-corrected chi connectivity index (χ0v) is 17.4. The molecule has 2 fully saturated rings. The van der Waals surface area contributed by atoms with Crippen LogP contribution in [0.25, 0.3) is 0 Å². The van der Waals surface area contributed by atoms with E-state index in [0.717, 1.165) is 50.4 Å². The molecule has 0 radical (unpaired) electrons. The van der Waals surface area contributed by atoms with Crippen molar-refractivity contribution in [3.05, 3.63) is 53.7 Å². The number of para-hydroxylation sites is 1. The largest absolute Gasteiger partial charge is 0.365 e. The van der Waals surface area contributed by atoms with Gasteiger partial charge in [0, 0.05) is 31.5 Å². The molecule has 1 saturated heterocycles. The van der Waals surface area contributed by atoms with Crippen molar-refractivity contribution in [1.29, 1.82) is 0 Å². The van der Waals surface area contributed by atoms with E-state index in [4.69, 9.17) is 9.72 Å². The van der Waals surface area contributed by atoms with Gasteiger partial charge in [-0.15, -0.1) is 0 Å². The van der Waals surface area contributed by atoms with E-state index in [1.165, 1.54) is 18.4 Å². The van der Waals surface area contributed by atoms with Crippen LogP contribution in [-0.4, -0.2) is 41.7 Å². The van der Waals surface area contributed by atoms with Gasteiger partial charge >= 0.3 is 0 Å². The van der Waals surface area contributed by atoms with E-state index >= 15 is 0 Å². The summed E-state index contributed by atoms with van der Waals surface area (Å²) in [5.74, 6) is 0.967. The molecule has 0 N–H and O–H groups in total. The van der Waals surface area contributed by atoms with Gasteiger partial charge in [0.25, 0.3) is 5.91 Å². The number of anilines is 2. The van der Waals surface area contributed by atoms with Crippen molar-refractivity contribution in [1.82, 2.24) is 4.98 Å². The molecule has 1 aromatic carbocycles. The number of fused-ring (bicyclic) bond motifs is 1. The summed E-state index contributed by atoms with van der Waals surface area (Å²) in [6.07, 6.45) is 7.38. The van der Waals surface area contributed by atoms with E-state index in [2.05, 4.69) is 24.8 Å². The summed E-state index contributed by atoms with van der Waals surface area (Å²) in [4.78, 5) is 22.0. The zero-order valence-electron chi connectivity index (χ0n) is 17.4. The van der Waals surface area contributed by atoms with Gasteiger partial charge < -0.3 is 14.5 Å². The molecule has 3 aliphatic rings. The number of amides is 1. The molecule has 0 atom stereocenters. The van der Waals surface area contributed by atoms with Gasteiger partial charge in [-0.25, -0.2) is 4.98 Å². The van der Waals surface area contributed by atoms with E-state index < -0.39 is 0 Å². The third-order valence-electron chi connectivity index (χ3n) is 6.51. The monoisotopic (exact) mass is 391 g/mol. The minimum atomic E-state index is -0.196. The van der Waals surface area contributed by atoms with Gasteiger partial charge in [-0.1, -0.05) is 31.0 Å². The van der Waals surface area contributed by atoms with Gasteiger partial charge in [-0.05, 0) is 56.9 Å². The third kappa shape index (κ3) is 3.42. The molecule has 1 spiro atoms. The molecule has 5 heteroatoms. The Hall–Kier alpha value is -2.40. The van der Waals surface area contributed by atoms with Crippen molar-refractivity contribution >= 4 is 17.4 Å². The number of ether oxygens (including phenoxy) is 1.